The van der Waals surface area contributed by atoms with Crippen LogP contribution in [0, 0.1) is 17.1 Å². The Kier molecular flexibility index (Phi) is 5.52. The van der Waals surface area contributed by atoms with Crippen molar-refractivity contribution in [2.24, 2.45) is 0 Å². The number of benzene rings is 1. The molecule has 124 valence electrons. The second-order valence-electron chi connectivity index (χ2n) is 5.55. The van der Waals surface area contributed by atoms with Crippen LogP contribution in [0.5, 0.6) is 0 Å². The first-order valence-electron chi connectivity index (χ1n) is 7.42. The summed E-state index contributed by atoms with van der Waals surface area (Å²) in [7, 11) is -2.14. The Morgan fingerprint density at radius 2 is 2.13 bits per heavy atom. The first-order chi connectivity index (χ1) is 10.9. The zero-order valence-electron chi connectivity index (χ0n) is 13.2. The highest BCUT2D eigenvalue weighted by atomic mass is 32.2. The van der Waals surface area contributed by atoms with Crippen molar-refractivity contribution in [2.45, 2.75) is 25.8 Å². The molecule has 1 aromatic carbocycles. The van der Waals surface area contributed by atoms with E-state index >= 15 is 0 Å². The lowest BCUT2D eigenvalue weighted by molar-refractivity contribution is 0.337. The topological polar surface area (TPSA) is 64.4 Å². The number of nitrogens with zero attached hydrogens (tertiary/aromatic N) is 3. The van der Waals surface area contributed by atoms with Gasteiger partial charge in [0, 0.05) is 31.7 Å². The molecule has 0 N–H and O–H groups in total. The van der Waals surface area contributed by atoms with Crippen molar-refractivity contribution >= 4 is 15.8 Å². The summed E-state index contributed by atoms with van der Waals surface area (Å²) in [6.07, 6.45) is 2.35. The Morgan fingerprint density at radius 3 is 2.70 bits per heavy atom. The average Bonchev–Trinajstić information content (AvgIpc) is 2.55. The Morgan fingerprint density at radius 1 is 1.43 bits per heavy atom. The number of rotatable bonds is 5. The van der Waals surface area contributed by atoms with E-state index in [-0.39, 0.29) is 24.8 Å². The lowest BCUT2D eigenvalue weighted by atomic mass is 10.00. The second kappa shape index (κ2) is 7.21. The Labute approximate surface area is 136 Å². The molecule has 0 bridgehead atoms. The molecule has 1 aliphatic rings. The molecule has 0 unspecified atom stereocenters. The van der Waals surface area contributed by atoms with Crippen LogP contribution < -0.4 is 0 Å². The molecule has 0 amide bonds. The monoisotopic (exact) mass is 337 g/mol. The molecule has 1 aliphatic heterocycles. The largest absolute Gasteiger partial charge is 0.282 e. The minimum atomic E-state index is -3.62. The van der Waals surface area contributed by atoms with Gasteiger partial charge in [0.1, 0.15) is 5.82 Å². The van der Waals surface area contributed by atoms with Gasteiger partial charge in [-0.25, -0.2) is 4.39 Å². The highest BCUT2D eigenvalue weighted by molar-refractivity contribution is 7.86. The van der Waals surface area contributed by atoms with Crippen LogP contribution in [0.25, 0.3) is 5.57 Å². The normalized spacial score (nSPS) is 17.6. The molecule has 23 heavy (non-hydrogen) atoms. The highest BCUT2D eigenvalue weighted by Gasteiger charge is 2.31. The Bertz CT molecular complexity index is 740. The van der Waals surface area contributed by atoms with Crippen molar-refractivity contribution in [3.63, 3.8) is 0 Å². The van der Waals surface area contributed by atoms with Crippen LogP contribution in [0.4, 0.5) is 4.39 Å². The third kappa shape index (κ3) is 3.78. The van der Waals surface area contributed by atoms with Crippen LogP contribution in [0.3, 0.4) is 0 Å². The molecular formula is C16H20FN3O2S. The van der Waals surface area contributed by atoms with E-state index in [1.807, 2.05) is 6.07 Å². The molecule has 5 nitrogen and oxygen atoms in total. The van der Waals surface area contributed by atoms with Crippen LogP contribution >= 0.6 is 0 Å². The maximum Gasteiger partial charge on any atom is 0.282 e. The summed E-state index contributed by atoms with van der Waals surface area (Å²) in [5.41, 5.74) is 1.35. The molecule has 1 aromatic rings. The van der Waals surface area contributed by atoms with Gasteiger partial charge in [-0.2, -0.15) is 22.3 Å². The molecule has 1 heterocycles. The van der Waals surface area contributed by atoms with Gasteiger partial charge < -0.3 is 0 Å². The Hall–Kier alpha value is -1.75. The van der Waals surface area contributed by atoms with E-state index in [4.69, 9.17) is 5.26 Å². The van der Waals surface area contributed by atoms with E-state index in [0.29, 0.717) is 18.5 Å². The molecule has 0 radical (unpaired) electrons. The van der Waals surface area contributed by atoms with E-state index in [0.717, 1.165) is 5.57 Å². The van der Waals surface area contributed by atoms with Gasteiger partial charge in [-0.15, -0.1) is 0 Å². The molecule has 0 fully saturated rings. The molecule has 7 heteroatoms. The lowest BCUT2D eigenvalue weighted by Crippen LogP contribution is -2.46. The summed E-state index contributed by atoms with van der Waals surface area (Å²) in [6.45, 7) is 2.20. The maximum absolute atomic E-state index is 13.8. The molecule has 0 saturated carbocycles. The van der Waals surface area contributed by atoms with E-state index < -0.39 is 10.2 Å². The summed E-state index contributed by atoms with van der Waals surface area (Å²) < 4.78 is 41.5. The summed E-state index contributed by atoms with van der Waals surface area (Å²) in [5.74, 6) is -0.296. The molecule has 2 rings (SSSR count). The van der Waals surface area contributed by atoms with Gasteiger partial charge in [-0.05, 0) is 25.0 Å². The fourth-order valence-electron chi connectivity index (χ4n) is 2.50. The second-order valence-corrected chi connectivity index (χ2v) is 7.54. The molecule has 0 aromatic heterocycles. The van der Waals surface area contributed by atoms with E-state index in [1.54, 1.807) is 31.2 Å². The van der Waals surface area contributed by atoms with Crippen LogP contribution in [-0.2, 0) is 10.2 Å². The smallest absolute Gasteiger partial charge is 0.206 e. The molecule has 0 spiro atoms. The van der Waals surface area contributed by atoms with Crippen molar-refractivity contribution < 1.29 is 12.8 Å². The summed E-state index contributed by atoms with van der Waals surface area (Å²) in [5, 5.41) is 8.72. The molecule has 1 atom stereocenters. The van der Waals surface area contributed by atoms with Crippen molar-refractivity contribution in [3.8, 4) is 6.07 Å². The summed E-state index contributed by atoms with van der Waals surface area (Å²) in [4.78, 5) is 0. The third-order valence-corrected chi connectivity index (χ3v) is 6.16. The minimum absolute atomic E-state index is 0.139. The zero-order valence-corrected chi connectivity index (χ0v) is 14.1. The van der Waals surface area contributed by atoms with Crippen molar-refractivity contribution in [1.29, 1.82) is 5.26 Å². The number of hydrogen-bond donors (Lipinski definition) is 0. The van der Waals surface area contributed by atoms with Gasteiger partial charge in [0.15, 0.2) is 0 Å². The van der Waals surface area contributed by atoms with Crippen LogP contribution in [0.1, 0.15) is 25.3 Å². The van der Waals surface area contributed by atoms with Gasteiger partial charge in [-0.1, -0.05) is 24.3 Å². The van der Waals surface area contributed by atoms with E-state index in [2.05, 4.69) is 0 Å². The van der Waals surface area contributed by atoms with Crippen molar-refractivity contribution in [2.75, 3.05) is 20.1 Å². The Balaban J connectivity index is 2.14. The van der Waals surface area contributed by atoms with Gasteiger partial charge in [0.25, 0.3) is 10.2 Å². The SMILES string of the molecule is C[C@H](CC#N)N(C)S(=O)(=O)N1CC=C(c2ccccc2F)CC1. The van der Waals surface area contributed by atoms with E-state index in [9.17, 15) is 12.8 Å². The van der Waals surface area contributed by atoms with Crippen LogP contribution in [-0.4, -0.2) is 43.2 Å². The third-order valence-electron chi connectivity index (χ3n) is 4.09. The zero-order chi connectivity index (χ0) is 17.0. The minimum Gasteiger partial charge on any atom is -0.206 e. The van der Waals surface area contributed by atoms with Gasteiger partial charge in [-0.3, -0.25) is 0 Å². The first-order valence-corrected chi connectivity index (χ1v) is 8.81. The van der Waals surface area contributed by atoms with Gasteiger partial charge in [0.2, 0.25) is 0 Å². The fourth-order valence-corrected chi connectivity index (χ4v) is 3.98. The summed E-state index contributed by atoms with van der Waals surface area (Å²) >= 11 is 0. The molecule has 0 saturated heterocycles. The van der Waals surface area contributed by atoms with Crippen molar-refractivity contribution in [3.05, 3.63) is 41.7 Å². The number of hydrogen-bond acceptors (Lipinski definition) is 3. The fraction of sp³-hybridized carbons (Fsp3) is 0.438. The predicted molar refractivity (Wildman–Crippen MR) is 86.9 cm³/mol. The quantitative estimate of drug-likeness (QED) is 0.829. The maximum atomic E-state index is 13.8. The number of nitriles is 1. The summed E-state index contributed by atoms with van der Waals surface area (Å²) in [6, 6.07) is 8.09. The standard InChI is InChI=1S/C16H20FN3O2S/c1-13(7-10-18)19(2)23(21,22)20-11-8-14(9-12-20)15-5-3-4-6-16(15)17/h3-6,8,13H,7,9,11-12H2,1-2H3/t13-/m1/s1. The number of halogens is 1. The predicted octanol–water partition coefficient (Wildman–Crippen LogP) is 2.39. The van der Waals surface area contributed by atoms with Crippen molar-refractivity contribution in [1.82, 2.24) is 8.61 Å². The molecule has 0 aliphatic carbocycles. The average molecular weight is 337 g/mol. The van der Waals surface area contributed by atoms with Crippen LogP contribution in [0.15, 0.2) is 30.3 Å². The molecular weight excluding hydrogens is 317 g/mol. The van der Waals surface area contributed by atoms with E-state index in [1.165, 1.54) is 21.7 Å². The van der Waals surface area contributed by atoms with Crippen LogP contribution in [0.2, 0.25) is 0 Å². The highest BCUT2D eigenvalue weighted by Crippen LogP contribution is 2.26. The lowest BCUT2D eigenvalue weighted by Gasteiger charge is -2.32. The first kappa shape index (κ1) is 17.6. The van der Waals surface area contributed by atoms with Gasteiger partial charge >= 0.3 is 0 Å². The van der Waals surface area contributed by atoms with Gasteiger partial charge in [0.05, 0.1) is 12.5 Å².